The van der Waals surface area contributed by atoms with E-state index in [1.807, 2.05) is 18.2 Å². The Bertz CT molecular complexity index is 408. The van der Waals surface area contributed by atoms with E-state index in [9.17, 15) is 4.79 Å². The molecule has 1 saturated heterocycles. The molecule has 0 radical (unpaired) electrons. The minimum absolute atomic E-state index is 0.180. The van der Waals surface area contributed by atoms with Crippen molar-refractivity contribution in [3.63, 3.8) is 0 Å². The van der Waals surface area contributed by atoms with Gasteiger partial charge in [-0.25, -0.2) is 4.79 Å². The number of carbonyl (C=O) groups excluding carboxylic acids is 1. The zero-order chi connectivity index (χ0) is 12.3. The van der Waals surface area contributed by atoms with Crippen LogP contribution in [0.25, 0.3) is 0 Å². The highest BCUT2D eigenvalue weighted by molar-refractivity contribution is 5.88. The maximum Gasteiger partial charge on any atom is 0.414 e. The van der Waals surface area contributed by atoms with E-state index < -0.39 is 0 Å². The molecule has 92 valence electrons. The van der Waals surface area contributed by atoms with Crippen LogP contribution in [0.4, 0.5) is 10.5 Å². The van der Waals surface area contributed by atoms with Crippen molar-refractivity contribution in [2.75, 3.05) is 31.7 Å². The van der Waals surface area contributed by atoms with Crippen LogP contribution in [0.2, 0.25) is 0 Å². The normalized spacial score (nSPS) is 20.0. The molecule has 1 fully saturated rings. The molecule has 0 aromatic heterocycles. The molecule has 5 nitrogen and oxygen atoms in total. The van der Waals surface area contributed by atoms with Crippen molar-refractivity contribution in [3.05, 3.63) is 24.3 Å². The number of benzene rings is 1. The lowest BCUT2D eigenvalue weighted by Gasteiger charge is -2.31. The molecule has 1 amide bonds. The molecular weight excluding hydrogens is 220 g/mol. The molecule has 1 aliphatic heterocycles. The van der Waals surface area contributed by atoms with Crippen LogP contribution < -0.4 is 15.4 Å². The zero-order valence-electron chi connectivity index (χ0n) is 9.76. The predicted molar refractivity (Wildman–Crippen MR) is 64.2 cm³/mol. The van der Waals surface area contributed by atoms with E-state index >= 15 is 0 Å². The van der Waals surface area contributed by atoms with Gasteiger partial charge in [0.25, 0.3) is 0 Å². The third-order valence-corrected chi connectivity index (χ3v) is 2.80. The first-order valence-corrected chi connectivity index (χ1v) is 5.53. The van der Waals surface area contributed by atoms with E-state index in [2.05, 4.69) is 0 Å². The Hall–Kier alpha value is -1.75. The van der Waals surface area contributed by atoms with Crippen molar-refractivity contribution in [3.8, 4) is 5.75 Å². The van der Waals surface area contributed by atoms with E-state index in [0.29, 0.717) is 25.4 Å². The summed E-state index contributed by atoms with van der Waals surface area (Å²) in [5, 5.41) is 0. The third kappa shape index (κ3) is 2.50. The molecule has 1 heterocycles. The van der Waals surface area contributed by atoms with Crippen molar-refractivity contribution in [1.29, 1.82) is 0 Å². The molecule has 0 spiro atoms. The molecule has 1 aromatic carbocycles. The number of hydrogen-bond acceptors (Lipinski definition) is 4. The lowest BCUT2D eigenvalue weighted by molar-refractivity contribution is 0.117. The molecule has 0 bridgehead atoms. The van der Waals surface area contributed by atoms with Gasteiger partial charge >= 0.3 is 6.09 Å². The number of hydrogen-bond donors (Lipinski definition) is 1. The predicted octanol–water partition coefficient (Wildman–Crippen LogP) is 1.23. The van der Waals surface area contributed by atoms with E-state index in [0.717, 1.165) is 5.69 Å². The Morgan fingerprint density at radius 1 is 1.59 bits per heavy atom. The lowest BCUT2D eigenvalue weighted by atomic mass is 10.1. The lowest BCUT2D eigenvalue weighted by Crippen LogP contribution is -2.45. The summed E-state index contributed by atoms with van der Waals surface area (Å²) in [6, 6.07) is 7.33. The second-order valence-corrected chi connectivity index (χ2v) is 3.99. The summed E-state index contributed by atoms with van der Waals surface area (Å²) >= 11 is 0. The molecule has 0 aliphatic carbocycles. The number of carbonyl (C=O) groups is 1. The van der Waals surface area contributed by atoms with Crippen molar-refractivity contribution in [2.24, 2.45) is 11.7 Å². The summed E-state index contributed by atoms with van der Waals surface area (Å²) in [5.74, 6) is 0.893. The number of anilines is 1. The van der Waals surface area contributed by atoms with Crippen LogP contribution >= 0.6 is 0 Å². The van der Waals surface area contributed by atoms with Crippen LogP contribution in [0.15, 0.2) is 24.3 Å². The maximum absolute atomic E-state index is 11.7. The number of cyclic esters (lactones) is 1. The molecule has 1 aliphatic rings. The van der Waals surface area contributed by atoms with Crippen LogP contribution in [0.5, 0.6) is 5.75 Å². The summed E-state index contributed by atoms with van der Waals surface area (Å²) in [4.78, 5) is 13.3. The van der Waals surface area contributed by atoms with Gasteiger partial charge < -0.3 is 15.2 Å². The minimum Gasteiger partial charge on any atom is -0.497 e. The fraction of sp³-hybridized carbons (Fsp3) is 0.417. The highest BCUT2D eigenvalue weighted by Gasteiger charge is 2.27. The Balaban J connectivity index is 2.21. The highest BCUT2D eigenvalue weighted by Crippen LogP contribution is 2.24. The van der Waals surface area contributed by atoms with Crippen LogP contribution in [0, 0.1) is 5.92 Å². The van der Waals surface area contributed by atoms with Gasteiger partial charge in [0.1, 0.15) is 5.75 Å². The number of amides is 1. The molecule has 0 saturated carbocycles. The first-order chi connectivity index (χ1) is 8.24. The van der Waals surface area contributed by atoms with Gasteiger partial charge in [-0.05, 0) is 12.1 Å². The Morgan fingerprint density at radius 2 is 2.41 bits per heavy atom. The highest BCUT2D eigenvalue weighted by atomic mass is 16.6. The topological polar surface area (TPSA) is 64.8 Å². The SMILES string of the molecule is COc1cccc(N2CC(CN)COC2=O)c1. The van der Waals surface area contributed by atoms with E-state index in [-0.39, 0.29) is 12.0 Å². The molecule has 2 rings (SSSR count). The van der Waals surface area contributed by atoms with Crippen molar-refractivity contribution in [1.82, 2.24) is 0 Å². The molecular formula is C12H16N2O3. The van der Waals surface area contributed by atoms with Crippen molar-refractivity contribution >= 4 is 11.8 Å². The van der Waals surface area contributed by atoms with Gasteiger partial charge in [0, 0.05) is 25.1 Å². The number of rotatable bonds is 3. The number of methoxy groups -OCH3 is 1. The van der Waals surface area contributed by atoms with Gasteiger partial charge in [0.15, 0.2) is 0 Å². The maximum atomic E-state index is 11.7. The summed E-state index contributed by atoms with van der Waals surface area (Å²) in [6.45, 7) is 1.49. The average molecular weight is 236 g/mol. The first kappa shape index (κ1) is 11.7. The standard InChI is InChI=1S/C12H16N2O3/c1-16-11-4-2-3-10(5-11)14-7-9(6-13)8-17-12(14)15/h2-5,9H,6-8,13H2,1H3. The number of nitrogens with zero attached hydrogens (tertiary/aromatic N) is 1. The van der Waals surface area contributed by atoms with Gasteiger partial charge in [-0.15, -0.1) is 0 Å². The van der Waals surface area contributed by atoms with Crippen LogP contribution in [0.1, 0.15) is 0 Å². The van der Waals surface area contributed by atoms with Gasteiger partial charge in [-0.1, -0.05) is 6.07 Å². The van der Waals surface area contributed by atoms with Gasteiger partial charge in [-0.3, -0.25) is 4.90 Å². The number of nitrogens with two attached hydrogens (primary N) is 1. The fourth-order valence-corrected chi connectivity index (χ4v) is 1.78. The van der Waals surface area contributed by atoms with E-state index in [1.165, 1.54) is 0 Å². The molecule has 1 atom stereocenters. The monoisotopic (exact) mass is 236 g/mol. The smallest absolute Gasteiger partial charge is 0.414 e. The van der Waals surface area contributed by atoms with E-state index in [4.69, 9.17) is 15.2 Å². The molecule has 1 unspecified atom stereocenters. The molecule has 2 N–H and O–H groups in total. The molecule has 1 aromatic rings. The number of ether oxygens (including phenoxy) is 2. The van der Waals surface area contributed by atoms with E-state index in [1.54, 1.807) is 18.1 Å². The quantitative estimate of drug-likeness (QED) is 0.857. The average Bonchev–Trinajstić information content (AvgIpc) is 2.39. The molecule has 5 heteroatoms. The Morgan fingerprint density at radius 3 is 3.12 bits per heavy atom. The van der Waals surface area contributed by atoms with Crippen molar-refractivity contribution in [2.45, 2.75) is 0 Å². The van der Waals surface area contributed by atoms with Crippen LogP contribution in [-0.4, -0.2) is 32.9 Å². The second kappa shape index (κ2) is 5.05. The Labute approximate surface area is 100 Å². The van der Waals surface area contributed by atoms with Crippen molar-refractivity contribution < 1.29 is 14.3 Å². The summed E-state index contributed by atoms with van der Waals surface area (Å²) in [5.41, 5.74) is 6.37. The second-order valence-electron chi connectivity index (χ2n) is 3.99. The molecule has 17 heavy (non-hydrogen) atoms. The minimum atomic E-state index is -0.331. The van der Waals surface area contributed by atoms with Crippen LogP contribution in [-0.2, 0) is 4.74 Å². The van der Waals surface area contributed by atoms with Gasteiger partial charge in [0.05, 0.1) is 19.4 Å². The summed E-state index contributed by atoms with van der Waals surface area (Å²) < 4.78 is 10.2. The summed E-state index contributed by atoms with van der Waals surface area (Å²) in [6.07, 6.45) is -0.331. The first-order valence-electron chi connectivity index (χ1n) is 5.53. The largest absolute Gasteiger partial charge is 0.497 e. The van der Waals surface area contributed by atoms with Crippen LogP contribution in [0.3, 0.4) is 0 Å². The summed E-state index contributed by atoms with van der Waals surface area (Å²) in [7, 11) is 1.59. The fourth-order valence-electron chi connectivity index (χ4n) is 1.78. The van der Waals surface area contributed by atoms with Gasteiger partial charge in [-0.2, -0.15) is 0 Å². The zero-order valence-corrected chi connectivity index (χ0v) is 9.76. The third-order valence-electron chi connectivity index (χ3n) is 2.80. The van der Waals surface area contributed by atoms with Gasteiger partial charge in [0.2, 0.25) is 0 Å². The Kier molecular flexibility index (Phi) is 3.49.